The van der Waals surface area contributed by atoms with Crippen molar-refractivity contribution < 1.29 is 13.6 Å². The molecule has 2 aromatic rings. The molecule has 0 saturated carbocycles. The molecule has 1 aliphatic heterocycles. The van der Waals surface area contributed by atoms with Gasteiger partial charge in [-0.05, 0) is 37.7 Å². The smallest absolute Gasteiger partial charge is 0.235 e. The van der Waals surface area contributed by atoms with Gasteiger partial charge in [0.1, 0.15) is 23.5 Å². The van der Waals surface area contributed by atoms with Gasteiger partial charge in [0.25, 0.3) is 0 Å². The van der Waals surface area contributed by atoms with Gasteiger partial charge in [-0.15, -0.1) is 0 Å². The molecule has 0 bridgehead atoms. The Kier molecular flexibility index (Phi) is 3.06. The number of amides is 1. The van der Waals surface area contributed by atoms with Crippen molar-refractivity contribution in [3.05, 3.63) is 47.5 Å². The Labute approximate surface area is 116 Å². The normalized spacial score (nSPS) is 19.4. The summed E-state index contributed by atoms with van der Waals surface area (Å²) in [6, 6.07) is 8.51. The Bertz CT molecular complexity index is 666. The van der Waals surface area contributed by atoms with Crippen molar-refractivity contribution in [3.63, 3.8) is 0 Å². The third-order valence-electron chi connectivity index (χ3n) is 3.56. The molecule has 4 nitrogen and oxygen atoms in total. The van der Waals surface area contributed by atoms with Gasteiger partial charge in [0.2, 0.25) is 5.91 Å². The van der Waals surface area contributed by atoms with Crippen molar-refractivity contribution in [2.45, 2.75) is 13.1 Å². The van der Waals surface area contributed by atoms with Crippen LogP contribution in [0.1, 0.15) is 17.5 Å². The minimum absolute atomic E-state index is 0.0302. The number of carbonyl (C=O) groups excluding carboxylic acids is 1. The number of furan rings is 1. The van der Waals surface area contributed by atoms with Gasteiger partial charge in [-0.2, -0.15) is 0 Å². The predicted molar refractivity (Wildman–Crippen MR) is 72.4 cm³/mol. The Morgan fingerprint density at radius 2 is 2.15 bits per heavy atom. The number of benzene rings is 1. The average Bonchev–Trinajstić information content (AvgIpc) is 2.99. The van der Waals surface area contributed by atoms with Gasteiger partial charge in [0.15, 0.2) is 0 Å². The van der Waals surface area contributed by atoms with Crippen molar-refractivity contribution in [2.24, 2.45) is 0 Å². The number of likely N-dealkylation sites (N-methyl/N-ethyl adjacent to an activating group) is 1. The quantitative estimate of drug-likeness (QED) is 0.915. The highest BCUT2D eigenvalue weighted by Crippen LogP contribution is 2.30. The number of hydrogen-bond acceptors (Lipinski definition) is 3. The maximum absolute atomic E-state index is 13.6. The molecule has 1 fully saturated rings. The number of hydrogen-bond donors (Lipinski definition) is 1. The first-order valence-corrected chi connectivity index (χ1v) is 6.41. The largest absolute Gasteiger partial charge is 0.457 e. The van der Waals surface area contributed by atoms with Crippen LogP contribution in [0.15, 0.2) is 34.7 Å². The van der Waals surface area contributed by atoms with E-state index in [4.69, 9.17) is 4.42 Å². The highest BCUT2D eigenvalue weighted by atomic mass is 19.1. The third kappa shape index (κ3) is 2.10. The molecule has 5 heteroatoms. The second kappa shape index (κ2) is 4.76. The van der Waals surface area contributed by atoms with Crippen LogP contribution in [0.25, 0.3) is 11.3 Å². The van der Waals surface area contributed by atoms with Crippen molar-refractivity contribution in [1.29, 1.82) is 0 Å². The fraction of sp³-hybridized carbons (Fsp3) is 0.267. The average molecular weight is 274 g/mol. The van der Waals surface area contributed by atoms with Crippen LogP contribution >= 0.6 is 0 Å². The molecule has 0 aliphatic carbocycles. The van der Waals surface area contributed by atoms with E-state index in [0.29, 0.717) is 23.6 Å². The Morgan fingerprint density at radius 1 is 1.35 bits per heavy atom. The van der Waals surface area contributed by atoms with E-state index >= 15 is 0 Å². The first-order chi connectivity index (χ1) is 9.56. The van der Waals surface area contributed by atoms with Crippen LogP contribution in [-0.4, -0.2) is 24.4 Å². The molecule has 0 unspecified atom stereocenters. The first kappa shape index (κ1) is 12.9. The van der Waals surface area contributed by atoms with Crippen LogP contribution in [0, 0.1) is 12.7 Å². The Balaban J connectivity index is 1.94. The minimum Gasteiger partial charge on any atom is -0.457 e. The van der Waals surface area contributed by atoms with Crippen molar-refractivity contribution in [2.75, 3.05) is 13.6 Å². The molecule has 1 aromatic carbocycles. The summed E-state index contributed by atoms with van der Waals surface area (Å²) in [7, 11) is 1.85. The molecule has 1 aliphatic rings. The predicted octanol–water partition coefficient (Wildman–Crippen LogP) is 2.45. The molecule has 104 valence electrons. The molecule has 20 heavy (non-hydrogen) atoms. The fourth-order valence-corrected chi connectivity index (χ4v) is 2.43. The van der Waals surface area contributed by atoms with Crippen molar-refractivity contribution in [1.82, 2.24) is 10.2 Å². The SMILES string of the molecule is Cc1c(F)cccc1-c1ccc([C@H]2NC(=O)CN2C)o1. The topological polar surface area (TPSA) is 45.5 Å². The lowest BCUT2D eigenvalue weighted by atomic mass is 10.1. The third-order valence-corrected chi connectivity index (χ3v) is 3.56. The summed E-state index contributed by atoms with van der Waals surface area (Å²) in [4.78, 5) is 13.2. The lowest BCUT2D eigenvalue weighted by Gasteiger charge is -2.15. The Hall–Kier alpha value is -2.14. The van der Waals surface area contributed by atoms with Gasteiger partial charge in [-0.1, -0.05) is 12.1 Å². The molecule has 0 spiro atoms. The number of nitrogens with zero attached hydrogens (tertiary/aromatic N) is 1. The molecule has 3 rings (SSSR count). The van der Waals surface area contributed by atoms with Gasteiger partial charge < -0.3 is 9.73 Å². The maximum atomic E-state index is 13.6. The molecule has 1 aromatic heterocycles. The number of rotatable bonds is 2. The molecule has 1 amide bonds. The zero-order valence-electron chi connectivity index (χ0n) is 11.3. The standard InChI is InChI=1S/C15H15FN2O2/c1-9-10(4-3-5-11(9)16)12-6-7-13(20-12)15-17-14(19)8-18(15)2/h3-7,15H,8H2,1-2H3,(H,17,19)/t15-/m0/s1. The van der Waals surface area contributed by atoms with E-state index in [1.807, 2.05) is 24.1 Å². The minimum atomic E-state index is -0.259. The summed E-state index contributed by atoms with van der Waals surface area (Å²) in [5, 5.41) is 2.83. The second-order valence-electron chi connectivity index (χ2n) is 5.00. The lowest BCUT2D eigenvalue weighted by Crippen LogP contribution is -2.23. The zero-order valence-corrected chi connectivity index (χ0v) is 11.3. The van der Waals surface area contributed by atoms with Gasteiger partial charge >= 0.3 is 0 Å². The molecule has 2 heterocycles. The van der Waals surface area contributed by atoms with E-state index in [0.717, 1.165) is 5.56 Å². The highest BCUT2D eigenvalue weighted by Gasteiger charge is 2.30. The highest BCUT2D eigenvalue weighted by molar-refractivity contribution is 5.80. The van der Waals surface area contributed by atoms with Crippen LogP contribution < -0.4 is 5.32 Å². The van der Waals surface area contributed by atoms with Crippen LogP contribution in [0.4, 0.5) is 4.39 Å². The summed E-state index contributed by atoms with van der Waals surface area (Å²) < 4.78 is 19.4. The van der Waals surface area contributed by atoms with Crippen molar-refractivity contribution in [3.8, 4) is 11.3 Å². The van der Waals surface area contributed by atoms with Crippen LogP contribution in [0.5, 0.6) is 0 Å². The van der Waals surface area contributed by atoms with E-state index in [2.05, 4.69) is 5.32 Å². The summed E-state index contributed by atoms with van der Waals surface area (Å²) in [6.07, 6.45) is -0.259. The van der Waals surface area contributed by atoms with Gasteiger partial charge in [0, 0.05) is 5.56 Å². The monoisotopic (exact) mass is 274 g/mol. The second-order valence-corrected chi connectivity index (χ2v) is 5.00. The van der Waals surface area contributed by atoms with Crippen LogP contribution in [0.3, 0.4) is 0 Å². The van der Waals surface area contributed by atoms with E-state index in [1.165, 1.54) is 6.07 Å². The summed E-state index contributed by atoms with van der Waals surface area (Å²) in [6.45, 7) is 2.07. The van der Waals surface area contributed by atoms with Gasteiger partial charge in [-0.3, -0.25) is 9.69 Å². The first-order valence-electron chi connectivity index (χ1n) is 6.41. The lowest BCUT2D eigenvalue weighted by molar-refractivity contribution is -0.118. The molecular formula is C15H15FN2O2. The Morgan fingerprint density at radius 3 is 2.85 bits per heavy atom. The number of nitrogens with one attached hydrogen (secondary N) is 1. The molecule has 1 atom stereocenters. The summed E-state index contributed by atoms with van der Waals surface area (Å²) in [5.41, 5.74) is 1.28. The van der Waals surface area contributed by atoms with E-state index in [9.17, 15) is 9.18 Å². The molecule has 0 radical (unpaired) electrons. The number of carbonyl (C=O) groups is 1. The van der Waals surface area contributed by atoms with Gasteiger partial charge in [-0.25, -0.2) is 4.39 Å². The number of halogens is 1. The zero-order chi connectivity index (χ0) is 14.3. The summed E-state index contributed by atoms with van der Waals surface area (Å²) in [5.74, 6) is 0.965. The van der Waals surface area contributed by atoms with E-state index < -0.39 is 0 Å². The molecular weight excluding hydrogens is 259 g/mol. The summed E-state index contributed by atoms with van der Waals surface area (Å²) >= 11 is 0. The maximum Gasteiger partial charge on any atom is 0.235 e. The molecule has 1 saturated heterocycles. The molecule has 1 N–H and O–H groups in total. The van der Waals surface area contributed by atoms with Gasteiger partial charge in [0.05, 0.1) is 6.54 Å². The fourth-order valence-electron chi connectivity index (χ4n) is 2.43. The van der Waals surface area contributed by atoms with E-state index in [1.54, 1.807) is 19.1 Å². The van der Waals surface area contributed by atoms with E-state index in [-0.39, 0.29) is 17.9 Å². The van der Waals surface area contributed by atoms with Crippen molar-refractivity contribution >= 4 is 5.91 Å². The van der Waals surface area contributed by atoms with Crippen LogP contribution in [-0.2, 0) is 4.79 Å². The van der Waals surface area contributed by atoms with Crippen LogP contribution in [0.2, 0.25) is 0 Å².